The summed E-state index contributed by atoms with van der Waals surface area (Å²) < 4.78 is 6.00. The van der Waals surface area contributed by atoms with Crippen molar-refractivity contribution >= 4 is 0 Å². The summed E-state index contributed by atoms with van der Waals surface area (Å²) in [6.45, 7) is 1.95. The second-order valence-corrected chi connectivity index (χ2v) is 7.29. The van der Waals surface area contributed by atoms with Gasteiger partial charge in [0.05, 0.1) is 0 Å². The summed E-state index contributed by atoms with van der Waals surface area (Å²) in [5, 5.41) is 0. The molecule has 0 fully saturated rings. The van der Waals surface area contributed by atoms with E-state index in [1.807, 2.05) is 84.1 Å². The Morgan fingerprint density at radius 1 is 0.688 bits per heavy atom. The Morgan fingerprint density at radius 3 is 1.22 bits per heavy atom. The Hall–Kier alpha value is -0.595. The van der Waals surface area contributed by atoms with Crippen molar-refractivity contribution in [3.05, 3.63) is 84.4 Å². The third kappa shape index (κ3) is 18.9. The summed E-state index contributed by atoms with van der Waals surface area (Å²) in [4.78, 5) is 4.26. The average Bonchev–Trinajstić information content (AvgIpc) is 2.92. The van der Waals surface area contributed by atoms with Crippen molar-refractivity contribution in [2.45, 2.75) is 13.1 Å². The monoisotopic (exact) mass is 663 g/mol. The van der Waals surface area contributed by atoms with Gasteiger partial charge in [-0.25, -0.2) is 12.7 Å². The van der Waals surface area contributed by atoms with E-state index < -0.39 is 0 Å². The molecule has 0 spiro atoms. The van der Waals surface area contributed by atoms with Crippen LogP contribution in [-0.2, 0) is 75.1 Å². The summed E-state index contributed by atoms with van der Waals surface area (Å²) in [7, 11) is 14.2. The molecule has 0 N–H and O–H groups in total. The van der Waals surface area contributed by atoms with Crippen LogP contribution >= 0.6 is 0 Å². The minimum atomic E-state index is 0. The van der Waals surface area contributed by atoms with Gasteiger partial charge in [0.25, 0.3) is 0 Å². The van der Waals surface area contributed by atoms with Gasteiger partial charge >= 0.3 is 0 Å². The molecule has 9 heteroatoms. The number of hydrogen-bond donors (Lipinski definition) is 0. The van der Waals surface area contributed by atoms with Gasteiger partial charge in [0.2, 0.25) is 0 Å². The number of halogens is 2. The molecule has 0 atom stereocenters. The van der Waals surface area contributed by atoms with Gasteiger partial charge in [-0.2, -0.15) is 60.7 Å². The van der Waals surface area contributed by atoms with Crippen LogP contribution in [0.3, 0.4) is 0 Å². The van der Waals surface area contributed by atoms with Gasteiger partial charge in [0, 0.05) is 53.9 Å². The van der Waals surface area contributed by atoms with Crippen molar-refractivity contribution in [2.24, 2.45) is 21.1 Å². The molecule has 3 rings (SSSR count). The SMILES string of the molecule is CN(C)Cc1[c-]cccc1.CN(C)Cc1[c-]cccc1.Cn1[cH-]n(C)n(C)[cH-]1.[Cl-].[Cl-].[Pd].[Pd]. The van der Waals surface area contributed by atoms with Gasteiger partial charge in [-0.15, -0.1) is 11.1 Å². The Kier molecular flexibility index (Phi) is 26.8. The van der Waals surface area contributed by atoms with Crippen LogP contribution in [0.25, 0.3) is 0 Å². The van der Waals surface area contributed by atoms with E-state index in [9.17, 15) is 0 Å². The van der Waals surface area contributed by atoms with E-state index in [0.29, 0.717) is 0 Å². The summed E-state index contributed by atoms with van der Waals surface area (Å²) in [6.07, 6.45) is 4.00. The van der Waals surface area contributed by atoms with Crippen LogP contribution in [0.5, 0.6) is 0 Å². The Bertz CT molecular complexity index is 721. The van der Waals surface area contributed by atoms with Crippen LogP contribution in [0.4, 0.5) is 0 Å². The smallest absolute Gasteiger partial charge is 0.000120 e. The minimum absolute atomic E-state index is 0. The first-order chi connectivity index (χ1) is 13.3. The second-order valence-electron chi connectivity index (χ2n) is 7.29. The molecule has 3 aromatic rings. The van der Waals surface area contributed by atoms with Crippen LogP contribution in [0, 0.1) is 12.1 Å². The van der Waals surface area contributed by atoms with E-state index in [4.69, 9.17) is 0 Å². The zero-order chi connectivity index (χ0) is 20.9. The third-order valence-corrected chi connectivity index (χ3v) is 3.72. The largest absolute Gasteiger partial charge is 1.00 e. The van der Waals surface area contributed by atoms with E-state index in [0.717, 1.165) is 13.1 Å². The zero-order valence-electron chi connectivity index (χ0n) is 19.8. The summed E-state index contributed by atoms with van der Waals surface area (Å²) in [5.74, 6) is 0. The number of benzene rings is 2. The molecule has 32 heavy (non-hydrogen) atoms. The summed E-state index contributed by atoms with van der Waals surface area (Å²) in [6, 6.07) is 22.4. The van der Waals surface area contributed by atoms with Crippen LogP contribution in [0.1, 0.15) is 11.1 Å². The molecular weight excluding hydrogens is 630 g/mol. The van der Waals surface area contributed by atoms with Gasteiger partial charge in [-0.3, -0.25) is 0 Å². The molecule has 1 aromatic heterocycles. The van der Waals surface area contributed by atoms with Gasteiger partial charge in [-0.05, 0) is 49.3 Å². The maximum Gasteiger partial charge on any atom is 0.000120 e. The molecule has 0 radical (unpaired) electrons. The van der Waals surface area contributed by atoms with Crippen molar-refractivity contribution in [2.75, 3.05) is 28.2 Å². The molecule has 2 aromatic carbocycles. The van der Waals surface area contributed by atoms with Crippen molar-refractivity contribution in [3.8, 4) is 0 Å². The number of aromatic nitrogens is 3. The molecule has 0 saturated heterocycles. The van der Waals surface area contributed by atoms with E-state index >= 15 is 0 Å². The number of nitrogens with zero attached hydrogens (tertiary/aromatic N) is 5. The standard InChI is InChI=1S/2C9H12N.C5H11N3.2ClH.2Pd/c2*1-10(2)8-9-6-4-3-5-7-9;1-6-4-7(2)8(3)5-6;;;;/h2*3-6H,8H2,1-2H3;4-5H,1-3H3;2*1H;;/q2*-1;-2;;;;/p-2. The van der Waals surface area contributed by atoms with E-state index in [2.05, 4.69) is 62.3 Å². The Labute approximate surface area is 234 Å². The predicted molar refractivity (Wildman–Crippen MR) is 118 cm³/mol. The fourth-order valence-electron chi connectivity index (χ4n) is 2.46. The molecule has 0 aliphatic rings. The van der Waals surface area contributed by atoms with Crippen molar-refractivity contribution in [1.82, 2.24) is 23.7 Å². The third-order valence-electron chi connectivity index (χ3n) is 3.72. The molecular formula is C23H35Cl2N5Pd2-6. The quantitative estimate of drug-likeness (QED) is 0.225. The van der Waals surface area contributed by atoms with Crippen molar-refractivity contribution in [1.29, 1.82) is 0 Å². The first kappa shape index (κ1) is 38.7. The predicted octanol–water partition coefficient (Wildman–Crippen LogP) is -2.64. The minimum Gasteiger partial charge on any atom is -1.00 e. The fourth-order valence-corrected chi connectivity index (χ4v) is 2.46. The van der Waals surface area contributed by atoms with Crippen LogP contribution in [0.2, 0.25) is 0 Å². The Balaban J connectivity index is -0.000000174. The number of aryl methyl sites for hydroxylation is 3. The maximum atomic E-state index is 3.16. The van der Waals surface area contributed by atoms with Gasteiger partial charge in [-0.1, -0.05) is 0 Å². The summed E-state index contributed by atoms with van der Waals surface area (Å²) >= 11 is 0. The molecule has 0 unspecified atom stereocenters. The fraction of sp³-hybridized carbons (Fsp3) is 0.391. The van der Waals surface area contributed by atoms with Gasteiger partial charge in [0.15, 0.2) is 0 Å². The van der Waals surface area contributed by atoms with Crippen molar-refractivity contribution < 1.29 is 65.7 Å². The van der Waals surface area contributed by atoms with E-state index in [1.165, 1.54) is 11.1 Å². The molecule has 0 amide bonds. The molecule has 5 nitrogen and oxygen atoms in total. The van der Waals surface area contributed by atoms with Crippen LogP contribution in [-0.4, -0.2) is 51.9 Å². The van der Waals surface area contributed by atoms with Gasteiger partial charge in [0.1, 0.15) is 0 Å². The summed E-state index contributed by atoms with van der Waals surface area (Å²) in [5.41, 5.74) is 2.49. The normalized spacial score (nSPS) is 8.91. The van der Waals surface area contributed by atoms with E-state index in [1.54, 1.807) is 0 Å². The topological polar surface area (TPSA) is 21.3 Å². The first-order valence-corrected chi connectivity index (χ1v) is 9.36. The second kappa shape index (κ2) is 22.2. The Morgan fingerprint density at radius 2 is 1.03 bits per heavy atom. The molecule has 0 aliphatic heterocycles. The molecule has 192 valence electrons. The van der Waals surface area contributed by atoms with Crippen LogP contribution in [0.15, 0.2) is 61.2 Å². The van der Waals surface area contributed by atoms with Crippen molar-refractivity contribution in [3.63, 3.8) is 0 Å². The first-order valence-electron chi connectivity index (χ1n) is 9.36. The molecule has 1 heterocycles. The van der Waals surface area contributed by atoms with Crippen LogP contribution < -0.4 is 24.8 Å². The van der Waals surface area contributed by atoms with E-state index in [-0.39, 0.29) is 65.7 Å². The zero-order valence-corrected chi connectivity index (χ0v) is 24.4. The maximum absolute atomic E-state index is 3.16. The number of rotatable bonds is 4. The molecule has 0 saturated carbocycles. The van der Waals surface area contributed by atoms with Gasteiger partial charge < -0.3 is 48.5 Å². The number of hydrogen-bond acceptors (Lipinski definition) is 2. The molecule has 0 aliphatic carbocycles. The average molecular weight is 665 g/mol. The molecule has 0 bridgehead atoms.